The van der Waals surface area contributed by atoms with Gasteiger partial charge < -0.3 is 9.84 Å². The van der Waals surface area contributed by atoms with E-state index in [1.807, 2.05) is 30.3 Å². The van der Waals surface area contributed by atoms with Crippen LogP contribution in [0.2, 0.25) is 0 Å². The molecule has 2 aromatic rings. The van der Waals surface area contributed by atoms with Crippen LogP contribution in [0, 0.1) is 0 Å². The Hall–Kier alpha value is -2.00. The Labute approximate surface area is 125 Å². The Bertz CT molecular complexity index is 651. The summed E-state index contributed by atoms with van der Waals surface area (Å²) in [5, 5.41) is 13.3. The summed E-state index contributed by atoms with van der Waals surface area (Å²) in [5.74, 6) is 1.24. The number of phenols is 1. The van der Waals surface area contributed by atoms with Gasteiger partial charge in [0.05, 0.1) is 6.04 Å². The average Bonchev–Trinajstić information content (AvgIpc) is 2.69. The van der Waals surface area contributed by atoms with Gasteiger partial charge in [0.1, 0.15) is 17.1 Å². The van der Waals surface area contributed by atoms with Crippen molar-refractivity contribution < 1.29 is 9.84 Å². The lowest BCUT2D eigenvalue weighted by atomic mass is 9.93. The van der Waals surface area contributed by atoms with Crippen molar-refractivity contribution in [3.8, 4) is 11.5 Å². The lowest BCUT2D eigenvalue weighted by Gasteiger charge is -2.30. The van der Waals surface area contributed by atoms with Gasteiger partial charge in [-0.05, 0) is 44.5 Å². The lowest BCUT2D eigenvalue weighted by molar-refractivity contribution is 0.0919. The summed E-state index contributed by atoms with van der Waals surface area (Å²) in [4.78, 5) is 0. The fourth-order valence-electron chi connectivity index (χ4n) is 2.96. The summed E-state index contributed by atoms with van der Waals surface area (Å²) in [6.07, 6.45) is 0. The number of nitrogens with one attached hydrogen (secondary N) is 1. The van der Waals surface area contributed by atoms with Crippen LogP contribution >= 0.6 is 0 Å². The highest BCUT2D eigenvalue weighted by molar-refractivity contribution is 5.42. The first-order valence-corrected chi connectivity index (χ1v) is 7.30. The summed E-state index contributed by atoms with van der Waals surface area (Å²) in [7, 11) is 0. The molecule has 2 unspecified atom stereocenters. The highest BCUT2D eigenvalue weighted by Crippen LogP contribution is 2.43. The molecular weight excluding hydrogens is 262 g/mol. The van der Waals surface area contributed by atoms with Gasteiger partial charge in [0.15, 0.2) is 0 Å². The molecule has 2 atom stereocenters. The van der Waals surface area contributed by atoms with Crippen molar-refractivity contribution in [1.29, 1.82) is 0 Å². The van der Waals surface area contributed by atoms with Gasteiger partial charge in [-0.3, -0.25) is 5.32 Å². The Balaban J connectivity index is 1.87. The van der Waals surface area contributed by atoms with Gasteiger partial charge in [-0.2, -0.15) is 0 Å². The largest absolute Gasteiger partial charge is 0.508 e. The quantitative estimate of drug-likeness (QED) is 0.896. The number of benzene rings is 2. The first kappa shape index (κ1) is 14.0. The van der Waals surface area contributed by atoms with E-state index < -0.39 is 0 Å². The number of rotatable bonds is 3. The molecule has 21 heavy (non-hydrogen) atoms. The van der Waals surface area contributed by atoms with Gasteiger partial charge in [-0.1, -0.05) is 30.3 Å². The number of ether oxygens (including phenoxy) is 1. The predicted molar refractivity (Wildman–Crippen MR) is 83.5 cm³/mol. The second kappa shape index (κ2) is 5.08. The third-order valence-corrected chi connectivity index (χ3v) is 4.09. The van der Waals surface area contributed by atoms with Gasteiger partial charge in [0.2, 0.25) is 0 Å². The van der Waals surface area contributed by atoms with Crippen LogP contribution in [-0.4, -0.2) is 10.7 Å². The van der Waals surface area contributed by atoms with Crippen LogP contribution in [0.25, 0.3) is 0 Å². The molecule has 0 saturated heterocycles. The second-order valence-electron chi connectivity index (χ2n) is 6.16. The van der Waals surface area contributed by atoms with E-state index in [1.54, 1.807) is 12.1 Å². The van der Waals surface area contributed by atoms with Crippen LogP contribution in [0.4, 0.5) is 0 Å². The molecule has 110 valence electrons. The molecule has 0 aromatic heterocycles. The summed E-state index contributed by atoms with van der Waals surface area (Å²) in [6.45, 7) is 6.30. The smallest absolute Gasteiger partial charge is 0.125 e. The maximum Gasteiger partial charge on any atom is 0.125 e. The van der Waals surface area contributed by atoms with Crippen molar-refractivity contribution in [3.63, 3.8) is 0 Å². The summed E-state index contributed by atoms with van der Waals surface area (Å²) in [6, 6.07) is 15.8. The lowest BCUT2D eigenvalue weighted by Crippen LogP contribution is -2.40. The van der Waals surface area contributed by atoms with E-state index >= 15 is 0 Å². The van der Waals surface area contributed by atoms with Crippen LogP contribution in [0.1, 0.15) is 44.0 Å². The topological polar surface area (TPSA) is 41.5 Å². The second-order valence-corrected chi connectivity index (χ2v) is 6.16. The van der Waals surface area contributed by atoms with E-state index in [0.717, 1.165) is 11.3 Å². The zero-order chi connectivity index (χ0) is 15.0. The Morgan fingerprint density at radius 1 is 1.14 bits per heavy atom. The Kier molecular flexibility index (Phi) is 3.38. The van der Waals surface area contributed by atoms with Crippen LogP contribution in [0.15, 0.2) is 48.5 Å². The van der Waals surface area contributed by atoms with Crippen molar-refractivity contribution in [2.75, 3.05) is 0 Å². The normalized spacial score (nSPS) is 20.6. The predicted octanol–water partition coefficient (Wildman–Crippen LogP) is 3.96. The van der Waals surface area contributed by atoms with Gasteiger partial charge in [0.25, 0.3) is 0 Å². The van der Waals surface area contributed by atoms with Crippen molar-refractivity contribution in [2.24, 2.45) is 0 Å². The van der Waals surface area contributed by atoms with E-state index in [-0.39, 0.29) is 17.7 Å². The summed E-state index contributed by atoms with van der Waals surface area (Å²) in [5.41, 5.74) is 1.96. The molecule has 3 nitrogen and oxygen atoms in total. The highest BCUT2D eigenvalue weighted by atomic mass is 16.5. The third kappa shape index (κ3) is 2.61. The van der Waals surface area contributed by atoms with Crippen molar-refractivity contribution in [3.05, 3.63) is 59.7 Å². The minimum absolute atomic E-state index is 0.117. The van der Waals surface area contributed by atoms with E-state index in [4.69, 9.17) is 4.74 Å². The molecule has 0 radical (unpaired) electrons. The minimum Gasteiger partial charge on any atom is -0.508 e. The van der Waals surface area contributed by atoms with E-state index in [9.17, 15) is 5.11 Å². The fraction of sp³-hybridized carbons (Fsp3) is 0.333. The van der Waals surface area contributed by atoms with E-state index in [0.29, 0.717) is 5.75 Å². The molecule has 0 amide bonds. The van der Waals surface area contributed by atoms with Gasteiger partial charge in [-0.15, -0.1) is 0 Å². The zero-order valence-corrected chi connectivity index (χ0v) is 12.6. The molecule has 3 rings (SSSR count). The molecule has 0 saturated carbocycles. The maximum absolute atomic E-state index is 9.63. The van der Waals surface area contributed by atoms with Crippen LogP contribution in [0.5, 0.6) is 11.5 Å². The number of phenolic OH excluding ortho intramolecular Hbond substituents is 1. The molecular formula is C18H21NO2. The number of hydrogen-bond donors (Lipinski definition) is 2. The van der Waals surface area contributed by atoms with Crippen molar-refractivity contribution in [1.82, 2.24) is 5.32 Å². The monoisotopic (exact) mass is 283 g/mol. The molecule has 0 aliphatic carbocycles. The number of para-hydroxylation sites is 1. The van der Waals surface area contributed by atoms with Gasteiger partial charge >= 0.3 is 0 Å². The van der Waals surface area contributed by atoms with Gasteiger partial charge in [0, 0.05) is 11.6 Å². The minimum atomic E-state index is -0.297. The first-order chi connectivity index (χ1) is 9.97. The number of hydrogen-bond acceptors (Lipinski definition) is 3. The molecule has 1 heterocycles. The molecule has 3 heteroatoms. The maximum atomic E-state index is 9.63. The standard InChI is InChI=1S/C18H21NO2/c1-12(13-7-6-8-14(20)11-13)19-17-15-9-4-5-10-16(15)21-18(17,2)3/h4-12,17,19-20H,1-3H3. The zero-order valence-electron chi connectivity index (χ0n) is 12.6. The van der Waals surface area contributed by atoms with Crippen LogP contribution in [0.3, 0.4) is 0 Å². The fourth-order valence-corrected chi connectivity index (χ4v) is 2.96. The Morgan fingerprint density at radius 3 is 2.67 bits per heavy atom. The third-order valence-electron chi connectivity index (χ3n) is 4.09. The first-order valence-electron chi connectivity index (χ1n) is 7.30. The molecule has 0 spiro atoms. The number of fused-ring (bicyclic) bond motifs is 1. The molecule has 2 N–H and O–H groups in total. The SMILES string of the molecule is CC(NC1c2ccccc2OC1(C)C)c1cccc(O)c1. The summed E-state index contributed by atoms with van der Waals surface area (Å²) >= 11 is 0. The van der Waals surface area contributed by atoms with Crippen LogP contribution in [-0.2, 0) is 0 Å². The van der Waals surface area contributed by atoms with E-state index in [2.05, 4.69) is 32.2 Å². The molecule has 2 aromatic carbocycles. The molecule has 1 aliphatic heterocycles. The average molecular weight is 283 g/mol. The highest BCUT2D eigenvalue weighted by Gasteiger charge is 2.41. The van der Waals surface area contributed by atoms with Crippen LogP contribution < -0.4 is 10.1 Å². The van der Waals surface area contributed by atoms with Gasteiger partial charge in [-0.25, -0.2) is 0 Å². The molecule has 0 bridgehead atoms. The van der Waals surface area contributed by atoms with Crippen molar-refractivity contribution in [2.45, 2.75) is 38.5 Å². The van der Waals surface area contributed by atoms with E-state index in [1.165, 1.54) is 5.56 Å². The molecule has 0 fully saturated rings. The summed E-state index contributed by atoms with van der Waals surface area (Å²) < 4.78 is 6.06. The Morgan fingerprint density at radius 2 is 1.90 bits per heavy atom. The van der Waals surface area contributed by atoms with Crippen molar-refractivity contribution >= 4 is 0 Å². The molecule has 1 aliphatic rings. The number of aromatic hydroxyl groups is 1.